The van der Waals surface area contributed by atoms with Gasteiger partial charge in [0.2, 0.25) is 5.91 Å². The molecule has 0 N–H and O–H groups in total. The first-order valence-corrected chi connectivity index (χ1v) is 9.70. The third-order valence-electron chi connectivity index (χ3n) is 4.95. The van der Waals surface area contributed by atoms with Crippen LogP contribution in [0, 0.1) is 0 Å². The zero-order valence-corrected chi connectivity index (χ0v) is 16.7. The number of carbonyl (C=O) groups is 1. The number of methoxy groups -OCH3 is 1. The van der Waals surface area contributed by atoms with Crippen LogP contribution >= 0.6 is 15.9 Å². The number of aromatic nitrogens is 2. The van der Waals surface area contributed by atoms with Gasteiger partial charge in [-0.05, 0) is 52.3 Å². The van der Waals surface area contributed by atoms with Crippen LogP contribution in [-0.4, -0.2) is 53.6 Å². The van der Waals surface area contributed by atoms with Gasteiger partial charge in [0.05, 0.1) is 7.11 Å². The highest BCUT2D eigenvalue weighted by Gasteiger charge is 2.22. The lowest BCUT2D eigenvalue weighted by molar-refractivity contribution is -0.132. The van der Waals surface area contributed by atoms with Gasteiger partial charge < -0.3 is 19.1 Å². The first-order chi connectivity index (χ1) is 13.1. The number of halogens is 1. The number of pyridine rings is 1. The average molecular weight is 429 g/mol. The number of amides is 1. The third kappa shape index (κ3) is 3.78. The molecule has 0 spiro atoms. The molecule has 2 aromatic heterocycles. The summed E-state index contributed by atoms with van der Waals surface area (Å²) in [5.41, 5.74) is 1.04. The highest BCUT2D eigenvalue weighted by Crippen LogP contribution is 2.22. The van der Waals surface area contributed by atoms with Gasteiger partial charge in [0.1, 0.15) is 18.1 Å². The van der Waals surface area contributed by atoms with Gasteiger partial charge in [0.25, 0.3) is 0 Å². The van der Waals surface area contributed by atoms with Crippen LogP contribution in [0.5, 0.6) is 5.75 Å². The van der Waals surface area contributed by atoms with Gasteiger partial charge >= 0.3 is 0 Å². The molecule has 140 valence electrons. The van der Waals surface area contributed by atoms with Gasteiger partial charge in [-0.1, -0.05) is 0 Å². The number of nitrogens with zero attached hydrogens (tertiary/aromatic N) is 4. The van der Waals surface area contributed by atoms with Crippen molar-refractivity contribution in [3.8, 4) is 5.75 Å². The molecule has 0 unspecified atom stereocenters. The van der Waals surface area contributed by atoms with Crippen molar-refractivity contribution in [3.63, 3.8) is 0 Å². The maximum Gasteiger partial charge on any atom is 0.242 e. The minimum absolute atomic E-state index is 0.145. The van der Waals surface area contributed by atoms with Gasteiger partial charge in [0, 0.05) is 53.9 Å². The Morgan fingerprint density at radius 3 is 2.67 bits per heavy atom. The molecule has 3 aromatic rings. The Morgan fingerprint density at radius 2 is 1.96 bits per heavy atom. The zero-order chi connectivity index (χ0) is 18.8. The number of hydrogen-bond acceptors (Lipinski definition) is 4. The molecular formula is C20H21BrN4O2. The van der Waals surface area contributed by atoms with E-state index in [1.54, 1.807) is 13.3 Å². The number of ether oxygens (including phenoxy) is 1. The lowest BCUT2D eigenvalue weighted by atomic mass is 10.2. The Bertz CT molecular complexity index is 946. The van der Waals surface area contributed by atoms with E-state index in [0.29, 0.717) is 19.6 Å². The highest BCUT2D eigenvalue weighted by atomic mass is 79.9. The van der Waals surface area contributed by atoms with Crippen LogP contribution in [0.2, 0.25) is 0 Å². The van der Waals surface area contributed by atoms with E-state index >= 15 is 0 Å². The van der Waals surface area contributed by atoms with E-state index in [2.05, 4.69) is 25.8 Å². The normalized spacial score (nSPS) is 14.6. The fourth-order valence-electron chi connectivity index (χ4n) is 3.43. The minimum Gasteiger partial charge on any atom is -0.497 e. The Morgan fingerprint density at radius 1 is 1.15 bits per heavy atom. The van der Waals surface area contributed by atoms with Crippen molar-refractivity contribution in [2.45, 2.75) is 6.54 Å². The summed E-state index contributed by atoms with van der Waals surface area (Å²) in [7, 11) is 1.66. The van der Waals surface area contributed by atoms with Crippen molar-refractivity contribution in [1.82, 2.24) is 14.5 Å². The van der Waals surface area contributed by atoms with Gasteiger partial charge in [-0.3, -0.25) is 4.79 Å². The van der Waals surface area contributed by atoms with E-state index in [1.807, 2.05) is 52.1 Å². The van der Waals surface area contributed by atoms with Gasteiger partial charge in [0.15, 0.2) is 0 Å². The summed E-state index contributed by atoms with van der Waals surface area (Å²) in [5.74, 6) is 1.92. The molecule has 4 rings (SSSR count). The zero-order valence-electron chi connectivity index (χ0n) is 15.1. The average Bonchev–Trinajstić information content (AvgIpc) is 3.10. The second kappa shape index (κ2) is 7.60. The predicted octanol–water partition coefficient (Wildman–Crippen LogP) is 3.16. The highest BCUT2D eigenvalue weighted by molar-refractivity contribution is 9.10. The van der Waals surface area contributed by atoms with Crippen LogP contribution in [0.4, 0.5) is 5.82 Å². The van der Waals surface area contributed by atoms with Crippen LogP contribution in [0.15, 0.2) is 53.3 Å². The number of carbonyl (C=O) groups excluding carboxylic acids is 1. The number of rotatable bonds is 4. The number of benzene rings is 1. The molecular weight excluding hydrogens is 408 g/mol. The number of piperazine rings is 1. The second-order valence-electron chi connectivity index (χ2n) is 6.57. The molecule has 0 atom stereocenters. The number of hydrogen-bond donors (Lipinski definition) is 0. The first-order valence-electron chi connectivity index (χ1n) is 8.91. The summed E-state index contributed by atoms with van der Waals surface area (Å²) in [6.07, 6.45) is 3.77. The van der Waals surface area contributed by atoms with Crippen LogP contribution < -0.4 is 9.64 Å². The van der Waals surface area contributed by atoms with Gasteiger partial charge in [-0.15, -0.1) is 0 Å². The maximum absolute atomic E-state index is 12.8. The molecule has 1 aliphatic rings. The van der Waals surface area contributed by atoms with Crippen molar-refractivity contribution >= 4 is 38.6 Å². The molecule has 1 fully saturated rings. The van der Waals surface area contributed by atoms with E-state index in [0.717, 1.165) is 40.0 Å². The predicted molar refractivity (Wildman–Crippen MR) is 109 cm³/mol. The van der Waals surface area contributed by atoms with E-state index in [1.165, 1.54) is 0 Å². The maximum atomic E-state index is 12.8. The quantitative estimate of drug-likeness (QED) is 0.640. The molecule has 0 bridgehead atoms. The SMILES string of the molecule is COc1ccc2c(ccn2CC(=O)N2CCN(c3ccc(Br)cn3)CC2)c1. The molecule has 7 heteroatoms. The molecule has 0 radical (unpaired) electrons. The number of anilines is 1. The molecule has 0 aliphatic carbocycles. The van der Waals surface area contributed by atoms with Crippen LogP contribution in [0.1, 0.15) is 0 Å². The summed E-state index contributed by atoms with van der Waals surface area (Å²) < 4.78 is 8.23. The molecule has 3 heterocycles. The largest absolute Gasteiger partial charge is 0.497 e. The van der Waals surface area contributed by atoms with E-state index < -0.39 is 0 Å². The molecule has 1 amide bonds. The lowest BCUT2D eigenvalue weighted by Crippen LogP contribution is -2.49. The monoisotopic (exact) mass is 428 g/mol. The van der Waals surface area contributed by atoms with E-state index in [9.17, 15) is 4.79 Å². The van der Waals surface area contributed by atoms with Crippen molar-refractivity contribution < 1.29 is 9.53 Å². The van der Waals surface area contributed by atoms with Gasteiger partial charge in [-0.2, -0.15) is 0 Å². The summed E-state index contributed by atoms with van der Waals surface area (Å²) in [5, 5.41) is 1.08. The Hall–Kier alpha value is -2.54. The summed E-state index contributed by atoms with van der Waals surface area (Å²) in [4.78, 5) is 21.4. The van der Waals surface area contributed by atoms with Crippen LogP contribution in [0.25, 0.3) is 10.9 Å². The van der Waals surface area contributed by atoms with E-state index in [4.69, 9.17) is 4.74 Å². The molecule has 0 saturated carbocycles. The Balaban J connectivity index is 1.39. The molecule has 1 aliphatic heterocycles. The van der Waals surface area contributed by atoms with Crippen molar-refractivity contribution in [2.75, 3.05) is 38.2 Å². The summed E-state index contributed by atoms with van der Waals surface area (Å²) >= 11 is 3.41. The molecule has 1 aromatic carbocycles. The molecule has 6 nitrogen and oxygen atoms in total. The summed E-state index contributed by atoms with van der Waals surface area (Å²) in [6.45, 7) is 3.37. The Kier molecular flexibility index (Phi) is 5.03. The third-order valence-corrected chi connectivity index (χ3v) is 5.42. The van der Waals surface area contributed by atoms with Crippen molar-refractivity contribution in [3.05, 3.63) is 53.3 Å². The lowest BCUT2D eigenvalue weighted by Gasteiger charge is -2.35. The smallest absolute Gasteiger partial charge is 0.242 e. The topological polar surface area (TPSA) is 50.6 Å². The fraction of sp³-hybridized carbons (Fsp3) is 0.300. The standard InChI is InChI=1S/C20H21BrN4O2/c1-27-17-3-4-18-15(12-17)6-7-25(18)14-20(26)24-10-8-23(9-11-24)19-5-2-16(21)13-22-19/h2-7,12-13H,8-11,14H2,1H3. The molecule has 1 saturated heterocycles. The minimum atomic E-state index is 0.145. The van der Waals surface area contributed by atoms with E-state index in [-0.39, 0.29) is 5.91 Å². The van der Waals surface area contributed by atoms with Crippen LogP contribution in [-0.2, 0) is 11.3 Å². The fourth-order valence-corrected chi connectivity index (χ4v) is 3.66. The summed E-state index contributed by atoms with van der Waals surface area (Å²) in [6, 6.07) is 11.9. The first kappa shape index (κ1) is 17.9. The van der Waals surface area contributed by atoms with Gasteiger partial charge in [-0.25, -0.2) is 4.98 Å². The van der Waals surface area contributed by atoms with Crippen molar-refractivity contribution in [1.29, 1.82) is 0 Å². The van der Waals surface area contributed by atoms with Crippen molar-refractivity contribution in [2.24, 2.45) is 0 Å². The second-order valence-corrected chi connectivity index (χ2v) is 7.49. The Labute approximate surface area is 166 Å². The molecule has 27 heavy (non-hydrogen) atoms. The number of fused-ring (bicyclic) bond motifs is 1. The van der Waals surface area contributed by atoms with Crippen LogP contribution in [0.3, 0.4) is 0 Å².